The molecular formula is C11H19NS. The second kappa shape index (κ2) is 3.66. The first-order chi connectivity index (χ1) is 6.26. The molecule has 1 nitrogen and oxygen atoms in total. The summed E-state index contributed by atoms with van der Waals surface area (Å²) in [5.41, 5.74) is 0.682. The van der Waals surface area contributed by atoms with E-state index in [1.807, 2.05) is 0 Å². The summed E-state index contributed by atoms with van der Waals surface area (Å²) in [5.74, 6) is 2.78. The summed E-state index contributed by atoms with van der Waals surface area (Å²) >= 11 is 2.14. The van der Waals surface area contributed by atoms with Gasteiger partial charge in [-0.3, -0.25) is 4.90 Å². The number of likely N-dealkylation sites (tertiary alicyclic amines) is 1. The molecule has 2 saturated heterocycles. The molecule has 0 aromatic heterocycles. The lowest BCUT2D eigenvalue weighted by molar-refractivity contribution is 0.254. The quantitative estimate of drug-likeness (QED) is 0.625. The average molecular weight is 197 g/mol. The normalized spacial score (nSPS) is 37.0. The van der Waals surface area contributed by atoms with Gasteiger partial charge in [-0.2, -0.15) is 11.8 Å². The first kappa shape index (κ1) is 9.60. The van der Waals surface area contributed by atoms with Crippen molar-refractivity contribution < 1.29 is 0 Å². The van der Waals surface area contributed by atoms with E-state index in [1.165, 1.54) is 37.4 Å². The van der Waals surface area contributed by atoms with Crippen molar-refractivity contribution >= 4 is 11.8 Å². The molecule has 2 fully saturated rings. The van der Waals surface area contributed by atoms with Gasteiger partial charge in [0.15, 0.2) is 0 Å². The first-order valence-corrected chi connectivity index (χ1v) is 6.36. The number of rotatable bonds is 2. The number of thioether (sulfide) groups is 1. The highest BCUT2D eigenvalue weighted by Gasteiger charge is 2.41. The van der Waals surface area contributed by atoms with Gasteiger partial charge in [-0.05, 0) is 37.5 Å². The SMILES string of the molecule is C=CC(C)N1CCC2(CCSC2)C1. The number of hydrogen-bond acceptors (Lipinski definition) is 2. The summed E-state index contributed by atoms with van der Waals surface area (Å²) in [6.45, 7) is 8.73. The van der Waals surface area contributed by atoms with Crippen molar-refractivity contribution in [2.45, 2.75) is 25.8 Å². The van der Waals surface area contributed by atoms with Gasteiger partial charge in [0.25, 0.3) is 0 Å². The maximum Gasteiger partial charge on any atom is 0.0247 e. The van der Waals surface area contributed by atoms with Crippen LogP contribution in [0.25, 0.3) is 0 Å². The summed E-state index contributed by atoms with van der Waals surface area (Å²) in [6.07, 6.45) is 4.93. The molecule has 1 spiro atoms. The van der Waals surface area contributed by atoms with E-state index in [2.05, 4.69) is 36.2 Å². The van der Waals surface area contributed by atoms with Crippen LogP contribution >= 0.6 is 11.8 Å². The van der Waals surface area contributed by atoms with Crippen molar-refractivity contribution in [3.8, 4) is 0 Å². The molecule has 0 bridgehead atoms. The third kappa shape index (κ3) is 1.79. The van der Waals surface area contributed by atoms with Crippen molar-refractivity contribution in [1.29, 1.82) is 0 Å². The summed E-state index contributed by atoms with van der Waals surface area (Å²) in [6, 6.07) is 0.574. The van der Waals surface area contributed by atoms with Gasteiger partial charge in [-0.25, -0.2) is 0 Å². The third-order valence-electron chi connectivity index (χ3n) is 3.57. The fourth-order valence-electron chi connectivity index (χ4n) is 2.44. The molecule has 0 N–H and O–H groups in total. The van der Waals surface area contributed by atoms with Crippen LogP contribution in [0.5, 0.6) is 0 Å². The van der Waals surface area contributed by atoms with E-state index in [9.17, 15) is 0 Å². The van der Waals surface area contributed by atoms with Crippen LogP contribution in [0.1, 0.15) is 19.8 Å². The van der Waals surface area contributed by atoms with E-state index in [-0.39, 0.29) is 0 Å². The molecule has 2 atom stereocenters. The highest BCUT2D eigenvalue weighted by molar-refractivity contribution is 7.99. The fraction of sp³-hybridized carbons (Fsp3) is 0.818. The first-order valence-electron chi connectivity index (χ1n) is 5.20. The van der Waals surface area contributed by atoms with E-state index in [0.717, 1.165) is 0 Å². The summed E-state index contributed by atoms with van der Waals surface area (Å²) in [7, 11) is 0. The molecule has 74 valence electrons. The lowest BCUT2D eigenvalue weighted by atomic mass is 9.87. The minimum atomic E-state index is 0.574. The van der Waals surface area contributed by atoms with Gasteiger partial charge in [-0.15, -0.1) is 6.58 Å². The Morgan fingerprint density at radius 1 is 1.54 bits per heavy atom. The van der Waals surface area contributed by atoms with Gasteiger partial charge in [0.05, 0.1) is 0 Å². The number of hydrogen-bond donors (Lipinski definition) is 0. The largest absolute Gasteiger partial charge is 0.297 e. The highest BCUT2D eigenvalue weighted by Crippen LogP contribution is 2.43. The molecule has 0 radical (unpaired) electrons. The molecule has 2 aliphatic heterocycles. The zero-order valence-electron chi connectivity index (χ0n) is 8.46. The van der Waals surface area contributed by atoms with Gasteiger partial charge in [0.1, 0.15) is 0 Å². The Morgan fingerprint density at radius 2 is 2.38 bits per heavy atom. The molecule has 2 rings (SSSR count). The van der Waals surface area contributed by atoms with Crippen molar-refractivity contribution in [2.24, 2.45) is 5.41 Å². The topological polar surface area (TPSA) is 3.24 Å². The molecule has 2 unspecified atom stereocenters. The van der Waals surface area contributed by atoms with Crippen LogP contribution < -0.4 is 0 Å². The van der Waals surface area contributed by atoms with Crippen LogP contribution in [0.3, 0.4) is 0 Å². The van der Waals surface area contributed by atoms with E-state index >= 15 is 0 Å². The average Bonchev–Trinajstić information content (AvgIpc) is 2.76. The van der Waals surface area contributed by atoms with Crippen molar-refractivity contribution in [3.63, 3.8) is 0 Å². The van der Waals surface area contributed by atoms with Crippen molar-refractivity contribution in [3.05, 3.63) is 12.7 Å². The standard InChI is InChI=1S/C11H19NS/c1-3-10(2)12-6-4-11(8-12)5-7-13-9-11/h3,10H,1,4-9H2,2H3. The molecule has 0 aromatic rings. The second-order valence-corrected chi connectivity index (χ2v) is 5.60. The minimum absolute atomic E-state index is 0.574. The van der Waals surface area contributed by atoms with Gasteiger partial charge in [0.2, 0.25) is 0 Å². The molecule has 2 aliphatic rings. The van der Waals surface area contributed by atoms with E-state index in [4.69, 9.17) is 0 Å². The molecule has 0 aromatic carbocycles. The monoisotopic (exact) mass is 197 g/mol. The van der Waals surface area contributed by atoms with Gasteiger partial charge in [-0.1, -0.05) is 6.08 Å². The summed E-state index contributed by atoms with van der Waals surface area (Å²) < 4.78 is 0. The molecule has 0 saturated carbocycles. The van der Waals surface area contributed by atoms with Crippen LogP contribution in [0.4, 0.5) is 0 Å². The van der Waals surface area contributed by atoms with E-state index in [1.54, 1.807) is 0 Å². The number of nitrogens with zero attached hydrogens (tertiary/aromatic N) is 1. The Morgan fingerprint density at radius 3 is 3.00 bits per heavy atom. The molecule has 2 heteroatoms. The summed E-state index contributed by atoms with van der Waals surface area (Å²) in [5, 5.41) is 0. The Kier molecular flexibility index (Phi) is 2.70. The van der Waals surface area contributed by atoms with Crippen LogP contribution in [0.15, 0.2) is 12.7 Å². The van der Waals surface area contributed by atoms with Gasteiger partial charge < -0.3 is 0 Å². The van der Waals surface area contributed by atoms with Gasteiger partial charge >= 0.3 is 0 Å². The predicted molar refractivity (Wildman–Crippen MR) is 60.2 cm³/mol. The Bertz CT molecular complexity index is 196. The van der Waals surface area contributed by atoms with Crippen molar-refractivity contribution in [1.82, 2.24) is 4.90 Å². The maximum absolute atomic E-state index is 3.87. The predicted octanol–water partition coefficient (Wildman–Crippen LogP) is 2.39. The Hall–Kier alpha value is 0.0500. The third-order valence-corrected chi connectivity index (χ3v) is 4.88. The molecule has 0 amide bonds. The van der Waals surface area contributed by atoms with Crippen LogP contribution in [-0.2, 0) is 0 Å². The second-order valence-electron chi connectivity index (χ2n) is 4.50. The molecule has 2 heterocycles. The van der Waals surface area contributed by atoms with Gasteiger partial charge in [0, 0.05) is 18.3 Å². The Labute approximate surface area is 85.6 Å². The van der Waals surface area contributed by atoms with E-state index in [0.29, 0.717) is 11.5 Å². The van der Waals surface area contributed by atoms with Crippen molar-refractivity contribution in [2.75, 3.05) is 24.6 Å². The maximum atomic E-state index is 3.87. The Balaban J connectivity index is 1.96. The minimum Gasteiger partial charge on any atom is -0.297 e. The lowest BCUT2D eigenvalue weighted by Gasteiger charge is -2.25. The summed E-state index contributed by atoms with van der Waals surface area (Å²) in [4.78, 5) is 2.58. The van der Waals surface area contributed by atoms with Crippen LogP contribution in [0.2, 0.25) is 0 Å². The van der Waals surface area contributed by atoms with Crippen LogP contribution in [0, 0.1) is 5.41 Å². The molecular weight excluding hydrogens is 178 g/mol. The zero-order chi connectivity index (χ0) is 9.31. The molecule has 13 heavy (non-hydrogen) atoms. The van der Waals surface area contributed by atoms with Crippen LogP contribution in [-0.4, -0.2) is 35.5 Å². The zero-order valence-corrected chi connectivity index (χ0v) is 9.28. The fourth-order valence-corrected chi connectivity index (χ4v) is 3.97. The smallest absolute Gasteiger partial charge is 0.0247 e. The van der Waals surface area contributed by atoms with E-state index < -0.39 is 0 Å². The highest BCUT2D eigenvalue weighted by atomic mass is 32.2. The molecule has 0 aliphatic carbocycles. The lowest BCUT2D eigenvalue weighted by Crippen LogP contribution is -2.32.